The van der Waals surface area contributed by atoms with Gasteiger partial charge >= 0.3 is 11.9 Å². The summed E-state index contributed by atoms with van der Waals surface area (Å²) in [5, 5.41) is 16.8. The van der Waals surface area contributed by atoms with Crippen LogP contribution in [-0.4, -0.2) is 69.8 Å². The first-order valence-corrected chi connectivity index (χ1v) is 16.9. The Morgan fingerprint density at radius 2 is 0.979 bits per heavy atom. The number of thiophene rings is 4. The van der Waals surface area contributed by atoms with Crippen LogP contribution in [0.5, 0.6) is 0 Å². The number of esters is 1. The van der Waals surface area contributed by atoms with Crippen molar-refractivity contribution in [2.75, 3.05) is 7.11 Å². The third-order valence-electron chi connectivity index (χ3n) is 5.84. The maximum atomic E-state index is 11.2. The van der Waals surface area contributed by atoms with E-state index in [4.69, 9.17) is 16.7 Å². The summed E-state index contributed by atoms with van der Waals surface area (Å²) >= 11 is 11.6. The molecule has 0 atom stereocenters. The van der Waals surface area contributed by atoms with Crippen LogP contribution in [0.3, 0.4) is 0 Å². The normalized spacial score (nSPS) is 10.4. The average Bonchev–Trinajstić information content (AvgIpc) is 3.91. The van der Waals surface area contributed by atoms with Gasteiger partial charge in [0.25, 0.3) is 0 Å². The topological polar surface area (TPSA) is 184 Å². The smallest absolute Gasteiger partial charge is 0.358 e. The van der Waals surface area contributed by atoms with Crippen molar-refractivity contribution in [2.45, 2.75) is 6.92 Å². The van der Waals surface area contributed by atoms with Crippen molar-refractivity contribution in [3.8, 4) is 0 Å². The molecule has 0 unspecified atom stereocenters. The molecule has 0 fully saturated rings. The zero-order valence-corrected chi connectivity index (χ0v) is 28.1. The number of Topliss-reactive ketones (excluding diaryl/α,β-unsaturated/α-hetero) is 1. The number of aromatic carboxylic acids is 1. The van der Waals surface area contributed by atoms with Crippen LogP contribution in [0, 0.1) is 0 Å². The van der Waals surface area contributed by atoms with Gasteiger partial charge in [0.2, 0.25) is 0 Å². The summed E-state index contributed by atoms with van der Waals surface area (Å²) in [6, 6.07) is 7.42. The molecule has 8 heterocycles. The van der Waals surface area contributed by atoms with Crippen LogP contribution in [0.15, 0.2) is 71.1 Å². The van der Waals surface area contributed by atoms with E-state index in [0.717, 1.165) is 30.6 Å². The Hall–Kier alpha value is -4.94. The first kappa shape index (κ1) is 33.4. The molecular weight excluding hydrogens is 704 g/mol. The summed E-state index contributed by atoms with van der Waals surface area (Å²) in [4.78, 5) is 64.2. The van der Waals surface area contributed by atoms with E-state index in [1.54, 1.807) is 22.8 Å². The highest BCUT2D eigenvalue weighted by Gasteiger charge is 2.13. The van der Waals surface area contributed by atoms with E-state index in [-0.39, 0.29) is 11.5 Å². The minimum absolute atomic E-state index is 0.00940. The number of hydrogen-bond donors (Lipinski definition) is 1. The van der Waals surface area contributed by atoms with Gasteiger partial charge in [0.1, 0.15) is 36.2 Å². The van der Waals surface area contributed by atoms with Crippen LogP contribution in [0.4, 0.5) is 0 Å². The number of hydrogen-bond acceptors (Lipinski definition) is 16. The molecule has 1 N–H and O–H groups in total. The number of ether oxygens (including phenoxy) is 1. The molecule has 0 aliphatic carbocycles. The maximum Gasteiger partial charge on any atom is 0.358 e. The van der Waals surface area contributed by atoms with Crippen molar-refractivity contribution < 1.29 is 24.2 Å². The van der Waals surface area contributed by atoms with Crippen LogP contribution in [-0.2, 0) is 4.74 Å². The lowest BCUT2D eigenvalue weighted by molar-refractivity contribution is 0.0595. The SMILES string of the molecule is CC(=O)c1ncnc2ccsc12.COC(=O)c1ncnc2ccsc12.Clc1ncnc2ccsc12.O=C(O)c1ncnc2ccsc12. The number of methoxy groups -OCH3 is 1. The Morgan fingerprint density at radius 3 is 1.43 bits per heavy atom. The van der Waals surface area contributed by atoms with Crippen molar-refractivity contribution in [1.29, 1.82) is 0 Å². The highest BCUT2D eigenvalue weighted by molar-refractivity contribution is 7.18. The predicted molar refractivity (Wildman–Crippen MR) is 183 cm³/mol. The van der Waals surface area contributed by atoms with Crippen LogP contribution in [0.2, 0.25) is 5.15 Å². The van der Waals surface area contributed by atoms with Crippen LogP contribution in [0.25, 0.3) is 40.9 Å². The zero-order chi connectivity index (χ0) is 33.3. The number of nitrogens with zero attached hydrogens (tertiary/aromatic N) is 8. The molecule has 0 saturated carbocycles. The average molecular weight is 723 g/mol. The van der Waals surface area contributed by atoms with Gasteiger partial charge in [-0.25, -0.2) is 49.5 Å². The number of halogens is 1. The Balaban J connectivity index is 0.000000123. The first-order valence-electron chi connectivity index (χ1n) is 13.0. The van der Waals surface area contributed by atoms with E-state index in [2.05, 4.69) is 44.6 Å². The van der Waals surface area contributed by atoms with Gasteiger partial charge in [-0.3, -0.25) is 4.79 Å². The van der Waals surface area contributed by atoms with E-state index in [9.17, 15) is 14.4 Å². The zero-order valence-electron chi connectivity index (χ0n) is 24.1. The van der Waals surface area contributed by atoms with Gasteiger partial charge in [0, 0.05) is 6.92 Å². The second-order valence-electron chi connectivity index (χ2n) is 8.72. The fraction of sp³-hybridized carbons (Fsp3) is 0.0690. The molecule has 0 amide bonds. The lowest BCUT2D eigenvalue weighted by Crippen LogP contribution is -2.04. The Labute approximate surface area is 285 Å². The summed E-state index contributed by atoms with van der Waals surface area (Å²) in [5.74, 6) is -1.44. The molecule has 0 aliphatic heterocycles. The number of carbonyl (C=O) groups excluding carboxylic acids is 2. The van der Waals surface area contributed by atoms with Crippen molar-refractivity contribution in [3.05, 3.63) is 93.3 Å². The lowest BCUT2D eigenvalue weighted by Gasteiger charge is -1.97. The number of rotatable bonds is 3. The fourth-order valence-electron chi connectivity index (χ4n) is 3.77. The summed E-state index contributed by atoms with van der Waals surface area (Å²) < 4.78 is 7.84. The molecule has 0 saturated heterocycles. The molecule has 8 aromatic heterocycles. The first-order chi connectivity index (χ1) is 22.8. The third-order valence-corrected chi connectivity index (χ3v) is 9.88. The molecule has 0 aromatic carbocycles. The number of fused-ring (bicyclic) bond motifs is 4. The molecule has 0 spiro atoms. The van der Waals surface area contributed by atoms with E-state index in [1.165, 1.54) is 73.4 Å². The fourth-order valence-corrected chi connectivity index (χ4v) is 7.30. The van der Waals surface area contributed by atoms with Crippen molar-refractivity contribution >= 4 is 116 Å². The number of carboxylic acids is 1. The van der Waals surface area contributed by atoms with Crippen molar-refractivity contribution in [3.63, 3.8) is 0 Å². The molecule has 8 aromatic rings. The number of ketones is 1. The van der Waals surface area contributed by atoms with Gasteiger partial charge in [-0.1, -0.05) is 11.6 Å². The Kier molecular flexibility index (Phi) is 11.1. The molecular formula is C29H19ClN8O5S4. The summed E-state index contributed by atoms with van der Waals surface area (Å²) in [5.41, 5.74) is 4.17. The highest BCUT2D eigenvalue weighted by Crippen LogP contribution is 2.25. The molecule has 0 radical (unpaired) electrons. The minimum atomic E-state index is -1.01. The number of carboxylic acid groups (broad SMARTS) is 1. The monoisotopic (exact) mass is 722 g/mol. The van der Waals surface area contributed by atoms with E-state index < -0.39 is 11.9 Å². The molecule has 236 valence electrons. The largest absolute Gasteiger partial charge is 0.476 e. The highest BCUT2D eigenvalue weighted by atomic mass is 35.5. The van der Waals surface area contributed by atoms with Gasteiger partial charge in [0.15, 0.2) is 17.2 Å². The third kappa shape index (κ3) is 7.90. The summed E-state index contributed by atoms with van der Waals surface area (Å²) in [6.45, 7) is 1.52. The van der Waals surface area contributed by atoms with Crippen molar-refractivity contribution in [2.24, 2.45) is 0 Å². The number of aromatic nitrogens is 8. The van der Waals surface area contributed by atoms with Gasteiger partial charge < -0.3 is 9.84 Å². The van der Waals surface area contributed by atoms with E-state index in [0.29, 0.717) is 26.8 Å². The van der Waals surface area contributed by atoms with Crippen LogP contribution >= 0.6 is 56.9 Å². The second-order valence-corrected chi connectivity index (χ2v) is 12.7. The van der Waals surface area contributed by atoms with Crippen molar-refractivity contribution in [1.82, 2.24) is 39.9 Å². The Morgan fingerprint density at radius 1 is 0.596 bits per heavy atom. The molecule has 0 aliphatic rings. The summed E-state index contributed by atoms with van der Waals surface area (Å²) in [6.07, 6.45) is 5.52. The lowest BCUT2D eigenvalue weighted by atomic mass is 10.3. The molecule has 18 heteroatoms. The van der Waals surface area contributed by atoms with Gasteiger partial charge in [-0.15, -0.1) is 45.3 Å². The van der Waals surface area contributed by atoms with Crippen LogP contribution in [0.1, 0.15) is 38.4 Å². The van der Waals surface area contributed by atoms with Gasteiger partial charge in [-0.2, -0.15) is 0 Å². The standard InChI is InChI=1S/C8H6N2O2S.C8H6N2OS.C7H4N2O2S.C6H3ClN2S/c1-12-8(11)6-7-5(2-3-13-7)9-4-10-6;1-5(11)7-8-6(2-3-12-8)9-4-10-7;10-7(11)5-6-4(1-2-12-6)8-3-9-5;7-6-5-4(1-2-10-5)8-3-9-6/h2-4H,1H3;2-4H,1H3;1-3H,(H,10,11);1-3H. The molecule has 8 rings (SSSR count). The van der Waals surface area contributed by atoms with Crippen LogP contribution < -0.4 is 0 Å². The predicted octanol–water partition coefficient (Wildman–Crippen LogP) is 7.11. The van der Waals surface area contributed by atoms with E-state index in [1.807, 2.05) is 34.3 Å². The van der Waals surface area contributed by atoms with Gasteiger partial charge in [0.05, 0.1) is 48.0 Å². The second kappa shape index (κ2) is 15.6. The minimum Gasteiger partial charge on any atom is -0.476 e. The summed E-state index contributed by atoms with van der Waals surface area (Å²) in [7, 11) is 1.34. The quantitative estimate of drug-likeness (QED) is 0.111. The molecule has 13 nitrogen and oxygen atoms in total. The Bertz CT molecular complexity index is 2250. The maximum absolute atomic E-state index is 11.2. The van der Waals surface area contributed by atoms with Gasteiger partial charge in [-0.05, 0) is 45.8 Å². The van der Waals surface area contributed by atoms with E-state index >= 15 is 0 Å². The number of carbonyl (C=O) groups is 3. The molecule has 47 heavy (non-hydrogen) atoms. The molecule has 0 bridgehead atoms.